The van der Waals surface area contributed by atoms with Crippen LogP contribution < -0.4 is 5.32 Å². The van der Waals surface area contributed by atoms with Crippen molar-refractivity contribution in [3.63, 3.8) is 0 Å². The molecule has 0 saturated heterocycles. The fourth-order valence-corrected chi connectivity index (χ4v) is 2.20. The van der Waals surface area contributed by atoms with Crippen LogP contribution in [-0.2, 0) is 0 Å². The Morgan fingerprint density at radius 2 is 1.94 bits per heavy atom. The highest BCUT2D eigenvalue weighted by Gasteiger charge is 2.30. The Morgan fingerprint density at radius 1 is 1.31 bits per heavy atom. The number of aliphatic hydroxyl groups excluding tert-OH is 1. The summed E-state index contributed by atoms with van der Waals surface area (Å²) in [6, 6.07) is 1.40. The Balaban J connectivity index is 2.19. The van der Waals surface area contributed by atoms with Gasteiger partial charge in [0, 0.05) is 18.1 Å². The Hall–Kier alpha value is -0.120. The SMILES string of the molecule is CC(C)NC(CO)CCN(C)C(C)C1CC1. The van der Waals surface area contributed by atoms with Gasteiger partial charge in [0.15, 0.2) is 0 Å². The van der Waals surface area contributed by atoms with E-state index in [4.69, 9.17) is 0 Å². The lowest BCUT2D eigenvalue weighted by Crippen LogP contribution is -2.41. The molecule has 1 aliphatic rings. The Labute approximate surface area is 100 Å². The maximum atomic E-state index is 9.27. The Kier molecular flexibility index (Phi) is 5.73. The predicted octanol–water partition coefficient (Wildman–Crippen LogP) is 1.47. The van der Waals surface area contributed by atoms with Gasteiger partial charge in [-0.2, -0.15) is 0 Å². The predicted molar refractivity (Wildman–Crippen MR) is 68.6 cm³/mol. The summed E-state index contributed by atoms with van der Waals surface area (Å²) in [7, 11) is 2.20. The van der Waals surface area contributed by atoms with Crippen molar-refractivity contribution in [3.05, 3.63) is 0 Å². The molecule has 0 bridgehead atoms. The number of hydrogen-bond acceptors (Lipinski definition) is 3. The molecule has 0 aromatic carbocycles. The molecule has 1 rings (SSSR count). The largest absolute Gasteiger partial charge is 0.395 e. The van der Waals surface area contributed by atoms with Crippen molar-refractivity contribution in [1.82, 2.24) is 10.2 Å². The second-order valence-electron chi connectivity index (χ2n) is 5.55. The number of nitrogens with one attached hydrogen (secondary N) is 1. The summed E-state index contributed by atoms with van der Waals surface area (Å²) in [6.07, 6.45) is 3.83. The molecule has 16 heavy (non-hydrogen) atoms. The average Bonchev–Trinajstić information content (AvgIpc) is 3.05. The summed E-state index contributed by atoms with van der Waals surface area (Å²) in [5, 5.41) is 12.7. The normalized spacial score (nSPS) is 20.4. The van der Waals surface area contributed by atoms with Crippen LogP contribution in [0, 0.1) is 5.92 Å². The van der Waals surface area contributed by atoms with Crippen LogP contribution in [0.4, 0.5) is 0 Å². The average molecular weight is 228 g/mol. The standard InChI is InChI=1S/C13H28N2O/c1-10(2)14-13(9-16)7-8-15(4)11(3)12-5-6-12/h10-14,16H,5-9H2,1-4H3. The monoisotopic (exact) mass is 228 g/mol. The summed E-state index contributed by atoms with van der Waals surface area (Å²) < 4.78 is 0. The van der Waals surface area contributed by atoms with Gasteiger partial charge >= 0.3 is 0 Å². The Bertz CT molecular complexity index is 190. The van der Waals surface area contributed by atoms with Crippen molar-refractivity contribution in [2.45, 2.75) is 58.2 Å². The van der Waals surface area contributed by atoms with Crippen LogP contribution in [0.15, 0.2) is 0 Å². The zero-order valence-corrected chi connectivity index (χ0v) is 11.2. The highest BCUT2D eigenvalue weighted by Crippen LogP contribution is 2.34. The van der Waals surface area contributed by atoms with Gasteiger partial charge in [-0.1, -0.05) is 13.8 Å². The third kappa shape index (κ3) is 4.81. The second-order valence-corrected chi connectivity index (χ2v) is 5.55. The molecule has 96 valence electrons. The topological polar surface area (TPSA) is 35.5 Å². The molecule has 0 aliphatic heterocycles. The van der Waals surface area contributed by atoms with E-state index in [0.717, 1.165) is 18.9 Å². The van der Waals surface area contributed by atoms with E-state index in [1.54, 1.807) is 0 Å². The van der Waals surface area contributed by atoms with Gasteiger partial charge in [0.25, 0.3) is 0 Å². The van der Waals surface area contributed by atoms with Crippen molar-refractivity contribution in [2.24, 2.45) is 5.92 Å². The van der Waals surface area contributed by atoms with E-state index >= 15 is 0 Å². The van der Waals surface area contributed by atoms with Crippen molar-refractivity contribution in [2.75, 3.05) is 20.2 Å². The van der Waals surface area contributed by atoms with Crippen molar-refractivity contribution in [3.8, 4) is 0 Å². The zero-order valence-electron chi connectivity index (χ0n) is 11.2. The third-order valence-electron chi connectivity index (χ3n) is 3.62. The summed E-state index contributed by atoms with van der Waals surface area (Å²) in [5.74, 6) is 0.927. The first-order valence-electron chi connectivity index (χ1n) is 6.61. The molecule has 3 nitrogen and oxygen atoms in total. The van der Waals surface area contributed by atoms with Gasteiger partial charge in [-0.05, 0) is 45.7 Å². The van der Waals surface area contributed by atoms with Crippen LogP contribution in [0.3, 0.4) is 0 Å². The number of hydrogen-bond donors (Lipinski definition) is 2. The third-order valence-corrected chi connectivity index (χ3v) is 3.62. The molecule has 3 heteroatoms. The lowest BCUT2D eigenvalue weighted by molar-refractivity contribution is 0.186. The highest BCUT2D eigenvalue weighted by molar-refractivity contribution is 4.84. The van der Waals surface area contributed by atoms with Gasteiger partial charge in [-0.25, -0.2) is 0 Å². The van der Waals surface area contributed by atoms with Gasteiger partial charge in [0.1, 0.15) is 0 Å². The van der Waals surface area contributed by atoms with E-state index in [0.29, 0.717) is 12.1 Å². The maximum Gasteiger partial charge on any atom is 0.0585 e. The zero-order chi connectivity index (χ0) is 12.1. The van der Waals surface area contributed by atoms with Crippen molar-refractivity contribution >= 4 is 0 Å². The smallest absolute Gasteiger partial charge is 0.0585 e. The molecule has 0 amide bonds. The van der Waals surface area contributed by atoms with Crippen LogP contribution in [0.5, 0.6) is 0 Å². The molecule has 0 aromatic rings. The first-order valence-corrected chi connectivity index (χ1v) is 6.61. The van der Waals surface area contributed by atoms with E-state index in [1.807, 2.05) is 0 Å². The summed E-state index contributed by atoms with van der Waals surface area (Å²) in [6.45, 7) is 7.88. The minimum Gasteiger partial charge on any atom is -0.395 e. The molecule has 0 radical (unpaired) electrons. The van der Waals surface area contributed by atoms with Crippen molar-refractivity contribution in [1.29, 1.82) is 0 Å². The van der Waals surface area contributed by atoms with Crippen LogP contribution >= 0.6 is 0 Å². The van der Waals surface area contributed by atoms with E-state index in [1.165, 1.54) is 12.8 Å². The van der Waals surface area contributed by atoms with Crippen LogP contribution in [0.2, 0.25) is 0 Å². The lowest BCUT2D eigenvalue weighted by Gasteiger charge is -2.27. The van der Waals surface area contributed by atoms with E-state index in [9.17, 15) is 5.11 Å². The number of aliphatic hydroxyl groups is 1. The molecule has 1 aliphatic carbocycles. The molecular formula is C13H28N2O. The number of rotatable bonds is 8. The molecule has 2 N–H and O–H groups in total. The van der Waals surface area contributed by atoms with Gasteiger partial charge in [0.2, 0.25) is 0 Å². The quantitative estimate of drug-likeness (QED) is 0.660. The molecule has 0 heterocycles. The molecular weight excluding hydrogens is 200 g/mol. The first kappa shape index (κ1) is 13.9. The molecule has 2 atom stereocenters. The van der Waals surface area contributed by atoms with Crippen LogP contribution in [-0.4, -0.2) is 48.3 Å². The second kappa shape index (κ2) is 6.58. The van der Waals surface area contributed by atoms with Gasteiger partial charge in [0.05, 0.1) is 6.61 Å². The lowest BCUT2D eigenvalue weighted by atomic mass is 10.1. The maximum absolute atomic E-state index is 9.27. The number of nitrogens with zero attached hydrogens (tertiary/aromatic N) is 1. The molecule has 1 saturated carbocycles. The molecule has 0 spiro atoms. The van der Waals surface area contributed by atoms with Crippen molar-refractivity contribution < 1.29 is 5.11 Å². The van der Waals surface area contributed by atoms with Crippen LogP contribution in [0.25, 0.3) is 0 Å². The minimum atomic E-state index is 0.240. The van der Waals surface area contributed by atoms with E-state index < -0.39 is 0 Å². The highest BCUT2D eigenvalue weighted by atomic mass is 16.3. The fraction of sp³-hybridized carbons (Fsp3) is 1.00. The summed E-state index contributed by atoms with van der Waals surface area (Å²) in [5.41, 5.74) is 0. The van der Waals surface area contributed by atoms with Gasteiger partial charge < -0.3 is 15.3 Å². The first-order chi connectivity index (χ1) is 7.54. The summed E-state index contributed by atoms with van der Waals surface area (Å²) in [4.78, 5) is 2.43. The van der Waals surface area contributed by atoms with Gasteiger partial charge in [-0.15, -0.1) is 0 Å². The van der Waals surface area contributed by atoms with E-state index in [2.05, 4.69) is 38.0 Å². The molecule has 1 fully saturated rings. The summed E-state index contributed by atoms with van der Waals surface area (Å²) >= 11 is 0. The van der Waals surface area contributed by atoms with E-state index in [-0.39, 0.29) is 12.6 Å². The fourth-order valence-electron chi connectivity index (χ4n) is 2.20. The van der Waals surface area contributed by atoms with Gasteiger partial charge in [-0.3, -0.25) is 0 Å². The molecule has 0 aromatic heterocycles. The van der Waals surface area contributed by atoms with Crippen LogP contribution in [0.1, 0.15) is 40.0 Å². The molecule has 2 unspecified atom stereocenters. The Morgan fingerprint density at radius 3 is 2.38 bits per heavy atom. The minimum absolute atomic E-state index is 0.240.